The number of benzene rings is 1. The number of carbonyl (C=O) groups is 2. The largest absolute Gasteiger partial charge is 0.472 e. The average molecular weight is 424 g/mol. The maximum Gasteiger partial charge on any atom is 0.337 e. The lowest BCUT2D eigenvalue weighted by atomic mass is 9.79. The third-order valence-corrected chi connectivity index (χ3v) is 6.20. The summed E-state index contributed by atoms with van der Waals surface area (Å²) in [5.74, 6) is -0.0561. The quantitative estimate of drug-likeness (QED) is 0.517. The topological polar surface area (TPSA) is 69.0 Å². The zero-order valence-electron chi connectivity index (χ0n) is 18.0. The molecule has 1 saturated carbocycles. The van der Waals surface area contributed by atoms with Gasteiger partial charge in [0.1, 0.15) is 0 Å². The zero-order valence-corrected chi connectivity index (χ0v) is 18.0. The Morgan fingerprint density at radius 1 is 1.13 bits per heavy atom. The second-order valence-corrected chi connectivity index (χ2v) is 8.14. The van der Waals surface area contributed by atoms with E-state index < -0.39 is 0 Å². The van der Waals surface area contributed by atoms with E-state index >= 15 is 0 Å². The molecule has 1 aromatic carbocycles. The summed E-state index contributed by atoms with van der Waals surface area (Å²) >= 11 is 0. The van der Waals surface area contributed by atoms with E-state index in [-0.39, 0.29) is 11.9 Å². The van der Waals surface area contributed by atoms with Crippen molar-refractivity contribution in [1.29, 1.82) is 0 Å². The number of furan rings is 1. The molecule has 2 aliphatic rings. The Bertz CT molecular complexity index is 935. The summed E-state index contributed by atoms with van der Waals surface area (Å²) in [5, 5.41) is 0. The molecular formula is C25H29NO5. The van der Waals surface area contributed by atoms with Crippen molar-refractivity contribution in [2.45, 2.75) is 38.0 Å². The smallest absolute Gasteiger partial charge is 0.337 e. The molecule has 0 unspecified atom stereocenters. The number of methoxy groups -OCH3 is 1. The van der Waals surface area contributed by atoms with Gasteiger partial charge in [-0.2, -0.15) is 0 Å². The van der Waals surface area contributed by atoms with Crippen LogP contribution in [-0.4, -0.2) is 50.2 Å². The van der Waals surface area contributed by atoms with Gasteiger partial charge >= 0.3 is 5.97 Å². The van der Waals surface area contributed by atoms with E-state index in [9.17, 15) is 9.59 Å². The third kappa shape index (κ3) is 4.90. The summed E-state index contributed by atoms with van der Waals surface area (Å²) in [5.41, 5.74) is 4.44. The van der Waals surface area contributed by atoms with Crippen LogP contribution in [-0.2, 0) is 14.3 Å². The van der Waals surface area contributed by atoms with Crippen molar-refractivity contribution >= 4 is 18.0 Å². The van der Waals surface area contributed by atoms with Crippen LogP contribution in [0.4, 0.5) is 0 Å². The highest BCUT2D eigenvalue weighted by Crippen LogP contribution is 2.41. The van der Waals surface area contributed by atoms with Gasteiger partial charge in [-0.15, -0.1) is 0 Å². The van der Waals surface area contributed by atoms with Crippen molar-refractivity contribution < 1.29 is 23.5 Å². The minimum absolute atomic E-state index is 0.0517. The van der Waals surface area contributed by atoms with E-state index in [1.807, 2.05) is 24.3 Å². The van der Waals surface area contributed by atoms with Crippen LogP contribution in [0, 0.1) is 0 Å². The zero-order chi connectivity index (χ0) is 21.6. The van der Waals surface area contributed by atoms with E-state index in [2.05, 4.69) is 0 Å². The molecule has 31 heavy (non-hydrogen) atoms. The van der Waals surface area contributed by atoms with Gasteiger partial charge < -0.3 is 18.8 Å². The summed E-state index contributed by atoms with van der Waals surface area (Å²) in [6.45, 7) is 2.30. The van der Waals surface area contributed by atoms with E-state index in [0.717, 1.165) is 35.1 Å². The Morgan fingerprint density at radius 2 is 1.90 bits per heavy atom. The molecule has 2 aromatic rings. The molecule has 1 amide bonds. The minimum Gasteiger partial charge on any atom is -0.472 e. The average Bonchev–Trinajstić information content (AvgIpc) is 3.37. The molecule has 2 fully saturated rings. The fraction of sp³-hybridized carbons (Fsp3) is 0.440. The molecule has 1 aromatic heterocycles. The Labute approximate surface area is 182 Å². The SMILES string of the molecule is COC(=O)c1cc(C=CC(=O)N2CCOCC2)c(-c2ccoc2)c(C2CCCCC2)c1. The van der Waals surface area contributed by atoms with Crippen LogP contribution < -0.4 is 0 Å². The first-order valence-corrected chi connectivity index (χ1v) is 11.0. The van der Waals surface area contributed by atoms with Crippen molar-refractivity contribution in [3.05, 3.63) is 53.5 Å². The second kappa shape index (κ2) is 9.96. The molecule has 0 atom stereocenters. The van der Waals surface area contributed by atoms with Crippen LogP contribution in [0.1, 0.15) is 59.5 Å². The Hall–Kier alpha value is -2.86. The molecule has 4 rings (SSSR count). The highest BCUT2D eigenvalue weighted by atomic mass is 16.5. The van der Waals surface area contributed by atoms with Gasteiger partial charge in [0.25, 0.3) is 0 Å². The number of ether oxygens (including phenoxy) is 2. The first kappa shape index (κ1) is 21.4. The third-order valence-electron chi connectivity index (χ3n) is 6.20. The molecular weight excluding hydrogens is 394 g/mol. The van der Waals surface area contributed by atoms with Crippen LogP contribution in [0.15, 0.2) is 41.2 Å². The van der Waals surface area contributed by atoms with Crippen LogP contribution in [0.25, 0.3) is 17.2 Å². The van der Waals surface area contributed by atoms with Crippen LogP contribution in [0.3, 0.4) is 0 Å². The molecule has 0 N–H and O–H groups in total. The van der Waals surface area contributed by atoms with Gasteiger partial charge in [-0.05, 0) is 59.7 Å². The number of amides is 1. The van der Waals surface area contributed by atoms with Crippen molar-refractivity contribution in [3.63, 3.8) is 0 Å². The maximum atomic E-state index is 12.7. The molecule has 2 heterocycles. The first-order chi connectivity index (χ1) is 15.2. The van der Waals surface area contributed by atoms with Gasteiger partial charge in [-0.1, -0.05) is 19.3 Å². The van der Waals surface area contributed by atoms with Crippen LogP contribution in [0.5, 0.6) is 0 Å². The molecule has 0 bridgehead atoms. The van der Waals surface area contributed by atoms with Gasteiger partial charge in [-0.25, -0.2) is 4.79 Å². The van der Waals surface area contributed by atoms with Crippen molar-refractivity contribution in [3.8, 4) is 11.1 Å². The summed E-state index contributed by atoms with van der Waals surface area (Å²) < 4.78 is 15.7. The van der Waals surface area contributed by atoms with Gasteiger partial charge in [0.15, 0.2) is 0 Å². The number of nitrogens with zero attached hydrogens (tertiary/aromatic N) is 1. The summed E-state index contributed by atoms with van der Waals surface area (Å²) in [6.07, 6.45) is 12.6. The van der Waals surface area contributed by atoms with E-state index in [1.54, 1.807) is 23.5 Å². The Kier molecular flexibility index (Phi) is 6.87. The first-order valence-electron chi connectivity index (χ1n) is 11.0. The van der Waals surface area contributed by atoms with E-state index in [1.165, 1.54) is 26.4 Å². The number of hydrogen-bond acceptors (Lipinski definition) is 5. The van der Waals surface area contributed by atoms with Crippen molar-refractivity contribution in [1.82, 2.24) is 4.90 Å². The lowest BCUT2D eigenvalue weighted by Gasteiger charge is -2.26. The standard InChI is InChI=1S/C25H29NO5/c1-29-25(28)21-15-19(7-8-23(27)26-10-13-30-14-11-26)24(20-9-12-31-17-20)22(16-21)18-5-3-2-4-6-18/h7-9,12,15-18H,2-6,10-11,13-14H2,1H3. The normalized spacial score (nSPS) is 17.8. The summed E-state index contributed by atoms with van der Waals surface area (Å²) in [7, 11) is 1.39. The second-order valence-electron chi connectivity index (χ2n) is 8.14. The lowest BCUT2D eigenvalue weighted by molar-refractivity contribution is -0.129. The highest BCUT2D eigenvalue weighted by Gasteiger charge is 2.24. The molecule has 1 saturated heterocycles. The molecule has 6 nitrogen and oxygen atoms in total. The predicted octanol–water partition coefficient (Wildman–Crippen LogP) is 4.65. The number of esters is 1. The molecule has 1 aliphatic carbocycles. The van der Waals surface area contributed by atoms with E-state index in [0.29, 0.717) is 37.8 Å². The predicted molar refractivity (Wildman–Crippen MR) is 118 cm³/mol. The van der Waals surface area contributed by atoms with Crippen molar-refractivity contribution in [2.24, 2.45) is 0 Å². The molecule has 0 radical (unpaired) electrons. The fourth-order valence-electron chi connectivity index (χ4n) is 4.58. The van der Waals surface area contributed by atoms with Gasteiger partial charge in [0.2, 0.25) is 5.91 Å². The maximum absolute atomic E-state index is 12.7. The number of morpholine rings is 1. The molecule has 6 heteroatoms. The Morgan fingerprint density at radius 3 is 2.58 bits per heavy atom. The van der Waals surface area contributed by atoms with Gasteiger partial charge in [-0.3, -0.25) is 4.79 Å². The number of carbonyl (C=O) groups excluding carboxylic acids is 2. The lowest BCUT2D eigenvalue weighted by Crippen LogP contribution is -2.39. The van der Waals surface area contributed by atoms with Gasteiger partial charge in [0, 0.05) is 24.7 Å². The molecule has 1 aliphatic heterocycles. The fourth-order valence-corrected chi connectivity index (χ4v) is 4.58. The van der Waals surface area contributed by atoms with Crippen LogP contribution in [0.2, 0.25) is 0 Å². The number of rotatable bonds is 5. The van der Waals surface area contributed by atoms with E-state index in [4.69, 9.17) is 13.9 Å². The monoisotopic (exact) mass is 423 g/mol. The number of hydrogen-bond donors (Lipinski definition) is 0. The molecule has 164 valence electrons. The van der Waals surface area contributed by atoms with Gasteiger partial charge in [0.05, 0.1) is 38.4 Å². The Balaban J connectivity index is 1.78. The molecule has 0 spiro atoms. The minimum atomic E-state index is -0.370. The summed E-state index contributed by atoms with van der Waals surface area (Å²) in [4.78, 5) is 26.9. The highest BCUT2D eigenvalue weighted by molar-refractivity contribution is 5.96. The summed E-state index contributed by atoms with van der Waals surface area (Å²) in [6, 6.07) is 5.70. The van der Waals surface area contributed by atoms with Crippen molar-refractivity contribution in [2.75, 3.05) is 33.4 Å². The van der Waals surface area contributed by atoms with Crippen LogP contribution >= 0.6 is 0 Å².